The normalized spacial score (nSPS) is 18.3. The van der Waals surface area contributed by atoms with Crippen molar-refractivity contribution >= 4 is 10.0 Å². The smallest absolute Gasteiger partial charge is 0.243 e. The summed E-state index contributed by atoms with van der Waals surface area (Å²) in [5, 5.41) is 0. The third-order valence-electron chi connectivity index (χ3n) is 4.42. The standard InChI is InChI=1S/C18H20FNO4S/c1-23-17-10-5-13(12-18(17)24-2)16-4-3-11-20(16)25(21,22)15-8-6-14(19)7-9-15/h5-10,12,16H,3-4,11H2,1-2H3. The molecule has 25 heavy (non-hydrogen) atoms. The van der Waals surface area contributed by atoms with E-state index in [0.717, 1.165) is 30.5 Å². The summed E-state index contributed by atoms with van der Waals surface area (Å²) in [7, 11) is -0.595. The Hall–Kier alpha value is -2.12. The van der Waals surface area contributed by atoms with Crippen molar-refractivity contribution in [3.05, 3.63) is 53.8 Å². The third-order valence-corrected chi connectivity index (χ3v) is 6.34. The Bertz CT molecular complexity index is 852. The lowest BCUT2D eigenvalue weighted by Gasteiger charge is -2.25. The molecule has 0 N–H and O–H groups in total. The van der Waals surface area contributed by atoms with Gasteiger partial charge in [0.1, 0.15) is 5.82 Å². The highest BCUT2D eigenvalue weighted by Crippen LogP contribution is 2.39. The lowest BCUT2D eigenvalue weighted by molar-refractivity contribution is 0.351. The first-order valence-corrected chi connectivity index (χ1v) is 9.40. The average Bonchev–Trinajstić information content (AvgIpc) is 3.12. The second-order valence-electron chi connectivity index (χ2n) is 5.84. The van der Waals surface area contributed by atoms with Gasteiger partial charge in [0.25, 0.3) is 0 Å². The van der Waals surface area contributed by atoms with E-state index in [1.54, 1.807) is 20.3 Å². The number of hydrogen-bond donors (Lipinski definition) is 0. The van der Waals surface area contributed by atoms with Crippen molar-refractivity contribution in [2.45, 2.75) is 23.8 Å². The first kappa shape index (κ1) is 17.7. The number of halogens is 1. The van der Waals surface area contributed by atoms with Crippen LogP contribution in [0.2, 0.25) is 0 Å². The molecule has 0 spiro atoms. The van der Waals surface area contributed by atoms with Crippen LogP contribution >= 0.6 is 0 Å². The van der Waals surface area contributed by atoms with Crippen LogP contribution in [0.3, 0.4) is 0 Å². The number of ether oxygens (including phenoxy) is 2. The van der Waals surface area contributed by atoms with E-state index in [1.807, 2.05) is 12.1 Å². The Morgan fingerprint density at radius 3 is 2.36 bits per heavy atom. The molecule has 0 aromatic heterocycles. The van der Waals surface area contributed by atoms with Gasteiger partial charge in [-0.05, 0) is 54.8 Å². The molecule has 2 aromatic carbocycles. The van der Waals surface area contributed by atoms with Crippen LogP contribution in [-0.4, -0.2) is 33.5 Å². The molecule has 1 heterocycles. The van der Waals surface area contributed by atoms with Gasteiger partial charge in [-0.25, -0.2) is 12.8 Å². The van der Waals surface area contributed by atoms with E-state index in [0.29, 0.717) is 18.0 Å². The van der Waals surface area contributed by atoms with E-state index in [-0.39, 0.29) is 10.9 Å². The van der Waals surface area contributed by atoms with Gasteiger partial charge in [0.15, 0.2) is 11.5 Å². The molecular formula is C18H20FNO4S. The molecule has 0 radical (unpaired) electrons. The van der Waals surface area contributed by atoms with Gasteiger partial charge in [-0.15, -0.1) is 0 Å². The van der Waals surface area contributed by atoms with Gasteiger partial charge in [-0.3, -0.25) is 0 Å². The van der Waals surface area contributed by atoms with Crippen LogP contribution in [0.1, 0.15) is 24.4 Å². The summed E-state index contributed by atoms with van der Waals surface area (Å²) in [5.41, 5.74) is 0.848. The van der Waals surface area contributed by atoms with Gasteiger partial charge < -0.3 is 9.47 Å². The number of benzene rings is 2. The van der Waals surface area contributed by atoms with E-state index in [9.17, 15) is 12.8 Å². The van der Waals surface area contributed by atoms with E-state index >= 15 is 0 Å². The van der Waals surface area contributed by atoms with Crippen molar-refractivity contribution in [3.63, 3.8) is 0 Å². The van der Waals surface area contributed by atoms with Gasteiger partial charge in [-0.2, -0.15) is 4.31 Å². The highest BCUT2D eigenvalue weighted by Gasteiger charge is 2.36. The quantitative estimate of drug-likeness (QED) is 0.815. The number of methoxy groups -OCH3 is 2. The molecule has 1 saturated heterocycles. The Kier molecular flexibility index (Phi) is 4.96. The maximum absolute atomic E-state index is 13.1. The Balaban J connectivity index is 1.96. The molecule has 3 rings (SSSR count). The van der Waals surface area contributed by atoms with E-state index in [2.05, 4.69) is 0 Å². The van der Waals surface area contributed by atoms with Gasteiger partial charge in [0.2, 0.25) is 10.0 Å². The maximum Gasteiger partial charge on any atom is 0.243 e. The minimum atomic E-state index is -3.69. The molecule has 1 fully saturated rings. The Morgan fingerprint density at radius 2 is 1.72 bits per heavy atom. The van der Waals surface area contributed by atoms with Crippen molar-refractivity contribution in [1.82, 2.24) is 4.31 Å². The summed E-state index contributed by atoms with van der Waals surface area (Å²) in [5.74, 6) is 0.694. The highest BCUT2D eigenvalue weighted by molar-refractivity contribution is 7.89. The van der Waals surface area contributed by atoms with E-state index in [1.165, 1.54) is 16.4 Å². The predicted molar refractivity (Wildman–Crippen MR) is 91.8 cm³/mol. The van der Waals surface area contributed by atoms with Crippen LogP contribution in [0.5, 0.6) is 11.5 Å². The molecule has 0 bridgehead atoms. The topological polar surface area (TPSA) is 55.8 Å². The molecule has 134 valence electrons. The zero-order chi connectivity index (χ0) is 18.0. The number of nitrogens with zero attached hydrogens (tertiary/aromatic N) is 1. The van der Waals surface area contributed by atoms with Crippen molar-refractivity contribution in [1.29, 1.82) is 0 Å². The third kappa shape index (κ3) is 3.34. The monoisotopic (exact) mass is 365 g/mol. The summed E-state index contributed by atoms with van der Waals surface area (Å²) in [4.78, 5) is 0.0984. The second-order valence-corrected chi connectivity index (χ2v) is 7.73. The molecule has 0 saturated carbocycles. The minimum absolute atomic E-state index is 0.0984. The van der Waals surface area contributed by atoms with Crippen molar-refractivity contribution < 1.29 is 22.3 Å². The summed E-state index contributed by atoms with van der Waals surface area (Å²) in [6.07, 6.45) is 1.48. The van der Waals surface area contributed by atoms with Gasteiger partial charge >= 0.3 is 0 Å². The molecule has 1 aliphatic rings. The molecule has 2 aromatic rings. The summed E-state index contributed by atoms with van der Waals surface area (Å²) < 4.78 is 51.1. The first-order chi connectivity index (χ1) is 12.0. The fraction of sp³-hybridized carbons (Fsp3) is 0.333. The Labute approximate surface area is 147 Å². The van der Waals surface area contributed by atoms with Crippen LogP contribution in [0.25, 0.3) is 0 Å². The first-order valence-electron chi connectivity index (χ1n) is 7.96. The fourth-order valence-corrected chi connectivity index (χ4v) is 4.85. The molecule has 1 atom stereocenters. The molecule has 1 unspecified atom stereocenters. The lowest BCUT2D eigenvalue weighted by atomic mass is 10.0. The summed E-state index contributed by atoms with van der Waals surface area (Å²) in [6, 6.07) is 10.1. The number of sulfonamides is 1. The zero-order valence-corrected chi connectivity index (χ0v) is 14.9. The molecule has 7 heteroatoms. The zero-order valence-electron chi connectivity index (χ0n) is 14.1. The maximum atomic E-state index is 13.1. The van der Waals surface area contributed by atoms with Crippen molar-refractivity contribution in [2.75, 3.05) is 20.8 Å². The molecule has 0 aliphatic carbocycles. The lowest BCUT2D eigenvalue weighted by Crippen LogP contribution is -2.30. The van der Waals surface area contributed by atoms with Crippen LogP contribution in [-0.2, 0) is 10.0 Å². The SMILES string of the molecule is COc1ccc(C2CCCN2S(=O)(=O)c2ccc(F)cc2)cc1OC. The summed E-state index contributed by atoms with van der Waals surface area (Å²) >= 11 is 0. The van der Waals surface area contributed by atoms with Gasteiger partial charge in [-0.1, -0.05) is 6.07 Å². The number of rotatable bonds is 5. The highest BCUT2D eigenvalue weighted by atomic mass is 32.2. The van der Waals surface area contributed by atoms with Crippen LogP contribution in [0.4, 0.5) is 4.39 Å². The number of hydrogen-bond acceptors (Lipinski definition) is 4. The van der Waals surface area contributed by atoms with Crippen molar-refractivity contribution in [2.24, 2.45) is 0 Å². The van der Waals surface area contributed by atoms with E-state index in [4.69, 9.17) is 9.47 Å². The van der Waals surface area contributed by atoms with Crippen molar-refractivity contribution in [3.8, 4) is 11.5 Å². The largest absolute Gasteiger partial charge is 0.493 e. The van der Waals surface area contributed by atoms with Gasteiger partial charge in [0.05, 0.1) is 25.2 Å². The Morgan fingerprint density at radius 1 is 1.04 bits per heavy atom. The minimum Gasteiger partial charge on any atom is -0.493 e. The van der Waals surface area contributed by atoms with Crippen LogP contribution in [0, 0.1) is 5.82 Å². The van der Waals surface area contributed by atoms with Crippen LogP contribution in [0.15, 0.2) is 47.4 Å². The second kappa shape index (κ2) is 7.01. The molecular weight excluding hydrogens is 345 g/mol. The van der Waals surface area contributed by atoms with Crippen LogP contribution < -0.4 is 9.47 Å². The van der Waals surface area contributed by atoms with Gasteiger partial charge in [0, 0.05) is 6.54 Å². The predicted octanol–water partition coefficient (Wildman–Crippen LogP) is 3.37. The molecule has 5 nitrogen and oxygen atoms in total. The summed E-state index contributed by atoms with van der Waals surface area (Å²) in [6.45, 7) is 0.429. The molecule has 0 amide bonds. The average molecular weight is 365 g/mol. The van der Waals surface area contributed by atoms with E-state index < -0.39 is 15.8 Å². The fourth-order valence-electron chi connectivity index (χ4n) is 3.16. The molecule has 1 aliphatic heterocycles.